The summed E-state index contributed by atoms with van der Waals surface area (Å²) in [6, 6.07) is 7.26. The number of ether oxygens (including phenoxy) is 1. The molecule has 114 valence electrons. The average Bonchev–Trinajstić information content (AvgIpc) is 2.49. The number of carbonyl (C=O) groups is 2. The number of nitrogens with one attached hydrogen (secondary N) is 1. The van der Waals surface area contributed by atoms with E-state index in [4.69, 9.17) is 16.3 Å². The van der Waals surface area contributed by atoms with Gasteiger partial charge in [-0.05, 0) is 30.5 Å². The summed E-state index contributed by atoms with van der Waals surface area (Å²) in [7, 11) is 0. The highest BCUT2D eigenvalue weighted by atomic mass is 35.5. The maximum atomic E-state index is 11.6. The molecule has 0 unspecified atom stereocenters. The molecule has 0 aromatic heterocycles. The number of halogens is 1. The summed E-state index contributed by atoms with van der Waals surface area (Å²) < 4.78 is 4.87. The Kier molecular flexibility index (Phi) is 7.54. The number of hydrogen-bond donors (Lipinski definition) is 1. The molecule has 0 heterocycles. The van der Waals surface area contributed by atoms with Crippen molar-refractivity contribution < 1.29 is 14.3 Å². The lowest BCUT2D eigenvalue weighted by atomic mass is 10.2. The molecule has 1 aromatic rings. The summed E-state index contributed by atoms with van der Waals surface area (Å²) >= 11 is 5.96. The number of carbonyl (C=O) groups excluding carboxylic acids is 2. The van der Waals surface area contributed by atoms with Gasteiger partial charge in [0.2, 0.25) is 0 Å². The zero-order chi connectivity index (χ0) is 15.7. The van der Waals surface area contributed by atoms with Crippen molar-refractivity contribution >= 4 is 29.6 Å². The number of amides is 1. The fourth-order valence-corrected chi connectivity index (χ4v) is 1.91. The largest absolute Gasteiger partial charge is 0.452 e. The van der Waals surface area contributed by atoms with E-state index in [-0.39, 0.29) is 18.6 Å². The first-order valence-corrected chi connectivity index (χ1v) is 7.33. The van der Waals surface area contributed by atoms with E-state index in [1.54, 1.807) is 24.3 Å². The molecule has 0 aliphatic heterocycles. The normalized spacial score (nSPS) is 10.9. The van der Waals surface area contributed by atoms with Gasteiger partial charge in [0.25, 0.3) is 5.91 Å². The fourth-order valence-electron chi connectivity index (χ4n) is 1.72. The summed E-state index contributed by atoms with van der Waals surface area (Å²) in [4.78, 5) is 23.1. The maximum absolute atomic E-state index is 11.6. The summed E-state index contributed by atoms with van der Waals surface area (Å²) in [5.74, 6) is -0.863. The minimum atomic E-state index is -0.574. The van der Waals surface area contributed by atoms with Gasteiger partial charge in [0.05, 0.1) is 0 Å². The van der Waals surface area contributed by atoms with Crippen LogP contribution in [-0.4, -0.2) is 24.5 Å². The number of esters is 1. The Balaban J connectivity index is 2.41. The number of hydrogen-bond acceptors (Lipinski definition) is 3. The van der Waals surface area contributed by atoms with Crippen LogP contribution < -0.4 is 5.32 Å². The summed E-state index contributed by atoms with van der Waals surface area (Å²) in [5, 5.41) is 3.34. The standard InChI is InChI=1S/C16H20ClNO3/c1-3-13(4-2)18-15(19)11-21-16(20)10-9-12-7-5-6-8-14(12)17/h5-10,13H,3-4,11H2,1-2H3,(H,18,19)/b10-9+. The van der Waals surface area contributed by atoms with E-state index in [1.165, 1.54) is 6.08 Å². The third-order valence-corrected chi connectivity index (χ3v) is 3.34. The summed E-state index contributed by atoms with van der Waals surface area (Å²) in [5.41, 5.74) is 0.720. The molecule has 1 N–H and O–H groups in total. The molecule has 1 amide bonds. The van der Waals surface area contributed by atoms with Gasteiger partial charge in [-0.15, -0.1) is 0 Å². The van der Waals surface area contributed by atoms with Crippen molar-refractivity contribution in [3.63, 3.8) is 0 Å². The number of rotatable bonds is 7. The SMILES string of the molecule is CCC(CC)NC(=O)COC(=O)/C=C/c1ccccc1Cl. The first-order valence-electron chi connectivity index (χ1n) is 6.95. The smallest absolute Gasteiger partial charge is 0.331 e. The molecule has 5 heteroatoms. The molecule has 0 atom stereocenters. The van der Waals surface area contributed by atoms with Gasteiger partial charge in [0.1, 0.15) is 0 Å². The van der Waals surface area contributed by atoms with E-state index in [1.807, 2.05) is 19.9 Å². The Morgan fingerprint density at radius 3 is 2.57 bits per heavy atom. The van der Waals surface area contributed by atoms with Gasteiger partial charge in [-0.25, -0.2) is 4.79 Å². The lowest BCUT2D eigenvalue weighted by molar-refractivity contribution is -0.144. The van der Waals surface area contributed by atoms with Crippen LogP contribution in [-0.2, 0) is 14.3 Å². The second-order valence-electron chi connectivity index (χ2n) is 4.54. The van der Waals surface area contributed by atoms with Crippen molar-refractivity contribution in [1.82, 2.24) is 5.32 Å². The van der Waals surface area contributed by atoms with E-state index < -0.39 is 5.97 Å². The van der Waals surface area contributed by atoms with Crippen molar-refractivity contribution in [3.8, 4) is 0 Å². The van der Waals surface area contributed by atoms with Crippen LogP contribution in [0.15, 0.2) is 30.3 Å². The van der Waals surface area contributed by atoms with E-state index in [2.05, 4.69) is 5.32 Å². The first kappa shape index (κ1) is 17.2. The van der Waals surface area contributed by atoms with Crippen molar-refractivity contribution in [2.45, 2.75) is 32.7 Å². The zero-order valence-electron chi connectivity index (χ0n) is 12.3. The topological polar surface area (TPSA) is 55.4 Å². The molecule has 0 fully saturated rings. The van der Waals surface area contributed by atoms with Gasteiger partial charge < -0.3 is 10.1 Å². The van der Waals surface area contributed by atoms with Crippen LogP contribution in [0.4, 0.5) is 0 Å². The first-order chi connectivity index (χ1) is 10.1. The maximum Gasteiger partial charge on any atom is 0.331 e. The number of benzene rings is 1. The molecule has 0 saturated heterocycles. The Bertz CT molecular complexity index is 510. The Hall–Kier alpha value is -1.81. The van der Waals surface area contributed by atoms with Crippen molar-refractivity contribution in [1.29, 1.82) is 0 Å². The molecular formula is C16H20ClNO3. The van der Waals surface area contributed by atoms with Gasteiger partial charge >= 0.3 is 5.97 Å². The second kappa shape index (κ2) is 9.19. The second-order valence-corrected chi connectivity index (χ2v) is 4.95. The van der Waals surface area contributed by atoms with Crippen LogP contribution >= 0.6 is 11.6 Å². The van der Waals surface area contributed by atoms with Gasteiger partial charge in [-0.2, -0.15) is 0 Å². The molecule has 0 bridgehead atoms. The minimum absolute atomic E-state index is 0.120. The third-order valence-electron chi connectivity index (χ3n) is 3.00. The minimum Gasteiger partial charge on any atom is -0.452 e. The predicted octanol–water partition coefficient (Wildman–Crippen LogP) is 3.20. The van der Waals surface area contributed by atoms with Crippen molar-refractivity contribution in [3.05, 3.63) is 40.9 Å². The monoisotopic (exact) mass is 309 g/mol. The quantitative estimate of drug-likeness (QED) is 0.621. The Labute approximate surface area is 130 Å². The molecule has 21 heavy (non-hydrogen) atoms. The van der Waals surface area contributed by atoms with Gasteiger partial charge in [0, 0.05) is 17.1 Å². The van der Waals surface area contributed by atoms with Gasteiger partial charge in [-0.1, -0.05) is 43.6 Å². The molecule has 0 aliphatic carbocycles. The lowest BCUT2D eigenvalue weighted by Crippen LogP contribution is -2.36. The molecule has 1 rings (SSSR count). The molecule has 4 nitrogen and oxygen atoms in total. The van der Waals surface area contributed by atoms with Gasteiger partial charge in [0.15, 0.2) is 6.61 Å². The predicted molar refractivity (Wildman–Crippen MR) is 84.0 cm³/mol. The Morgan fingerprint density at radius 1 is 1.29 bits per heavy atom. The van der Waals surface area contributed by atoms with E-state index in [9.17, 15) is 9.59 Å². The van der Waals surface area contributed by atoms with Crippen LogP contribution in [0.3, 0.4) is 0 Å². The molecule has 1 aromatic carbocycles. The van der Waals surface area contributed by atoms with Gasteiger partial charge in [-0.3, -0.25) is 4.79 Å². The van der Waals surface area contributed by atoms with Crippen molar-refractivity contribution in [2.24, 2.45) is 0 Å². The highest BCUT2D eigenvalue weighted by Crippen LogP contribution is 2.16. The highest BCUT2D eigenvalue weighted by Gasteiger charge is 2.09. The van der Waals surface area contributed by atoms with Crippen LogP contribution in [0.1, 0.15) is 32.3 Å². The summed E-state index contributed by atoms with van der Waals surface area (Å²) in [6.07, 6.45) is 4.51. The molecule has 0 aliphatic rings. The highest BCUT2D eigenvalue weighted by molar-refractivity contribution is 6.32. The lowest BCUT2D eigenvalue weighted by Gasteiger charge is -2.14. The van der Waals surface area contributed by atoms with Crippen LogP contribution in [0.25, 0.3) is 6.08 Å². The molecular weight excluding hydrogens is 290 g/mol. The zero-order valence-corrected chi connectivity index (χ0v) is 13.0. The molecule has 0 spiro atoms. The van der Waals surface area contributed by atoms with Crippen LogP contribution in [0.2, 0.25) is 5.02 Å². The molecule has 0 saturated carbocycles. The fraction of sp³-hybridized carbons (Fsp3) is 0.375. The third kappa shape index (κ3) is 6.45. The summed E-state index contributed by atoms with van der Waals surface area (Å²) in [6.45, 7) is 3.71. The van der Waals surface area contributed by atoms with Crippen LogP contribution in [0, 0.1) is 0 Å². The average molecular weight is 310 g/mol. The molecule has 0 radical (unpaired) electrons. The van der Waals surface area contributed by atoms with Crippen LogP contribution in [0.5, 0.6) is 0 Å². The van der Waals surface area contributed by atoms with Crippen molar-refractivity contribution in [2.75, 3.05) is 6.61 Å². The van der Waals surface area contributed by atoms with E-state index in [0.29, 0.717) is 5.02 Å². The Morgan fingerprint density at radius 2 is 1.95 bits per heavy atom. The van der Waals surface area contributed by atoms with E-state index in [0.717, 1.165) is 18.4 Å². The van der Waals surface area contributed by atoms with E-state index >= 15 is 0 Å².